The van der Waals surface area contributed by atoms with Crippen molar-refractivity contribution >= 4 is 11.9 Å². The van der Waals surface area contributed by atoms with Crippen LogP contribution in [0.2, 0.25) is 0 Å². The Balaban J connectivity index is 2.81. The van der Waals surface area contributed by atoms with Crippen molar-refractivity contribution in [3.05, 3.63) is 23.8 Å². The summed E-state index contributed by atoms with van der Waals surface area (Å²) in [5.41, 5.74) is 0.338. The van der Waals surface area contributed by atoms with E-state index in [1.54, 1.807) is 18.2 Å². The van der Waals surface area contributed by atoms with Crippen molar-refractivity contribution in [1.82, 2.24) is 5.32 Å². The lowest BCUT2D eigenvalue weighted by molar-refractivity contribution is -0.139. The normalized spacial score (nSPS) is 11.9. The van der Waals surface area contributed by atoms with Crippen molar-refractivity contribution in [2.45, 2.75) is 46.1 Å². The van der Waals surface area contributed by atoms with E-state index in [0.717, 1.165) is 6.42 Å². The summed E-state index contributed by atoms with van der Waals surface area (Å²) in [6.07, 6.45) is 1.97. The van der Waals surface area contributed by atoms with Crippen LogP contribution in [0.15, 0.2) is 18.2 Å². The van der Waals surface area contributed by atoms with Crippen molar-refractivity contribution in [3.8, 4) is 11.5 Å². The van der Waals surface area contributed by atoms with Gasteiger partial charge in [0.2, 0.25) is 0 Å². The maximum absolute atomic E-state index is 12.2. The van der Waals surface area contributed by atoms with Gasteiger partial charge in [-0.25, -0.2) is 4.79 Å². The number of methoxy groups -OCH3 is 1. The Bertz CT molecular complexity index is 556. The highest BCUT2D eigenvalue weighted by Gasteiger charge is 2.20. The third-order valence-corrected chi connectivity index (χ3v) is 3.56. The summed E-state index contributed by atoms with van der Waals surface area (Å²) < 4.78 is 11.0. The van der Waals surface area contributed by atoms with Gasteiger partial charge in [-0.15, -0.1) is 0 Å². The highest BCUT2D eigenvalue weighted by atomic mass is 16.5. The number of aliphatic carboxylic acids is 1. The standard InChI is InChI=1S/C18H27NO5/c1-5-6-14(18(21)22)19-17(20)13-7-8-15(16(11-13)23-4)24-10-9-12(2)3/h7-8,11-12,14H,5-6,9-10H2,1-4H3,(H,19,20)(H,21,22). The predicted octanol–water partition coefficient (Wildman–Crippen LogP) is 3.10. The minimum Gasteiger partial charge on any atom is -0.493 e. The van der Waals surface area contributed by atoms with Crippen LogP contribution in [0.5, 0.6) is 11.5 Å². The molecule has 2 N–H and O–H groups in total. The monoisotopic (exact) mass is 337 g/mol. The first-order valence-corrected chi connectivity index (χ1v) is 8.23. The average Bonchev–Trinajstić information content (AvgIpc) is 2.54. The molecule has 0 radical (unpaired) electrons. The van der Waals surface area contributed by atoms with Crippen LogP contribution < -0.4 is 14.8 Å². The van der Waals surface area contributed by atoms with Crippen LogP contribution in [0.4, 0.5) is 0 Å². The van der Waals surface area contributed by atoms with Gasteiger partial charge in [0.25, 0.3) is 5.91 Å². The zero-order valence-corrected chi connectivity index (χ0v) is 14.8. The minimum absolute atomic E-state index is 0.338. The summed E-state index contributed by atoms with van der Waals surface area (Å²) in [6.45, 7) is 6.66. The number of hydrogen-bond donors (Lipinski definition) is 2. The molecule has 0 saturated heterocycles. The number of ether oxygens (including phenoxy) is 2. The Labute approximate surface area is 143 Å². The molecule has 0 fully saturated rings. The molecule has 6 heteroatoms. The summed E-state index contributed by atoms with van der Waals surface area (Å²) >= 11 is 0. The minimum atomic E-state index is -1.04. The van der Waals surface area contributed by atoms with E-state index in [-0.39, 0.29) is 0 Å². The molecule has 0 bridgehead atoms. The fourth-order valence-corrected chi connectivity index (χ4v) is 2.12. The molecule has 0 aliphatic carbocycles. The van der Waals surface area contributed by atoms with Gasteiger partial charge >= 0.3 is 5.97 Å². The maximum atomic E-state index is 12.2. The largest absolute Gasteiger partial charge is 0.493 e. The first kappa shape index (κ1) is 19.8. The van der Waals surface area contributed by atoms with Crippen LogP contribution in [0, 0.1) is 5.92 Å². The van der Waals surface area contributed by atoms with Gasteiger partial charge in [-0.3, -0.25) is 4.79 Å². The molecule has 1 rings (SSSR count). The third-order valence-electron chi connectivity index (χ3n) is 3.56. The van der Waals surface area contributed by atoms with Crippen LogP contribution in [-0.2, 0) is 4.79 Å². The zero-order chi connectivity index (χ0) is 18.1. The van der Waals surface area contributed by atoms with E-state index in [9.17, 15) is 9.59 Å². The van der Waals surface area contributed by atoms with Crippen molar-refractivity contribution < 1.29 is 24.2 Å². The summed E-state index contributed by atoms with van der Waals surface area (Å²) in [5.74, 6) is 0.0769. The number of carbonyl (C=O) groups is 2. The number of benzene rings is 1. The number of amides is 1. The highest BCUT2D eigenvalue weighted by molar-refractivity contribution is 5.97. The maximum Gasteiger partial charge on any atom is 0.326 e. The quantitative estimate of drug-likeness (QED) is 0.685. The smallest absolute Gasteiger partial charge is 0.326 e. The molecule has 0 aromatic heterocycles. The Kier molecular flexibility index (Phi) is 8.09. The molecule has 1 atom stereocenters. The van der Waals surface area contributed by atoms with Crippen molar-refractivity contribution in [2.24, 2.45) is 5.92 Å². The summed E-state index contributed by atoms with van der Waals surface area (Å²) in [4.78, 5) is 23.4. The Morgan fingerprint density at radius 2 is 1.92 bits per heavy atom. The molecule has 1 unspecified atom stereocenters. The first-order chi connectivity index (χ1) is 11.4. The fraction of sp³-hybridized carbons (Fsp3) is 0.556. The molecule has 0 aliphatic heterocycles. The molecule has 0 saturated carbocycles. The molecule has 1 aromatic carbocycles. The van der Waals surface area contributed by atoms with Crippen LogP contribution in [-0.4, -0.2) is 36.7 Å². The van der Waals surface area contributed by atoms with Crippen molar-refractivity contribution in [3.63, 3.8) is 0 Å². The van der Waals surface area contributed by atoms with Gasteiger partial charge in [0.1, 0.15) is 6.04 Å². The molecular weight excluding hydrogens is 310 g/mol. The van der Waals surface area contributed by atoms with Crippen LogP contribution in [0.3, 0.4) is 0 Å². The molecule has 0 spiro atoms. The topological polar surface area (TPSA) is 84.9 Å². The van der Waals surface area contributed by atoms with Gasteiger partial charge in [0, 0.05) is 5.56 Å². The van der Waals surface area contributed by atoms with Crippen LogP contribution in [0.1, 0.15) is 50.4 Å². The first-order valence-electron chi connectivity index (χ1n) is 8.23. The Hall–Kier alpha value is -2.24. The number of carboxylic acids is 1. The van der Waals surface area contributed by atoms with Gasteiger partial charge in [-0.1, -0.05) is 27.2 Å². The van der Waals surface area contributed by atoms with E-state index in [4.69, 9.17) is 14.6 Å². The third kappa shape index (κ3) is 6.10. The lowest BCUT2D eigenvalue weighted by Gasteiger charge is -2.15. The van der Waals surface area contributed by atoms with E-state index in [2.05, 4.69) is 19.2 Å². The second-order valence-electron chi connectivity index (χ2n) is 6.05. The number of rotatable bonds is 10. The van der Waals surface area contributed by atoms with E-state index < -0.39 is 17.9 Å². The molecule has 0 aliphatic rings. The van der Waals surface area contributed by atoms with E-state index >= 15 is 0 Å². The zero-order valence-electron chi connectivity index (χ0n) is 14.8. The average molecular weight is 337 g/mol. The lowest BCUT2D eigenvalue weighted by atomic mass is 10.1. The van der Waals surface area contributed by atoms with Gasteiger partial charge in [0.15, 0.2) is 11.5 Å². The summed E-state index contributed by atoms with van der Waals surface area (Å²) in [5, 5.41) is 11.7. The van der Waals surface area contributed by atoms with Gasteiger partial charge in [-0.2, -0.15) is 0 Å². The number of hydrogen-bond acceptors (Lipinski definition) is 4. The van der Waals surface area contributed by atoms with E-state index in [0.29, 0.717) is 42.4 Å². The Morgan fingerprint density at radius 1 is 1.21 bits per heavy atom. The molecule has 134 valence electrons. The molecule has 1 aromatic rings. The molecule has 0 heterocycles. The molecule has 6 nitrogen and oxygen atoms in total. The van der Waals surface area contributed by atoms with Gasteiger partial charge < -0.3 is 19.9 Å². The number of carbonyl (C=O) groups excluding carboxylic acids is 1. The van der Waals surface area contributed by atoms with Crippen LogP contribution in [0.25, 0.3) is 0 Å². The SMILES string of the molecule is CCCC(NC(=O)c1ccc(OCCC(C)C)c(OC)c1)C(=O)O. The molecular formula is C18H27NO5. The highest BCUT2D eigenvalue weighted by Crippen LogP contribution is 2.28. The van der Waals surface area contributed by atoms with Gasteiger partial charge in [0.05, 0.1) is 13.7 Å². The summed E-state index contributed by atoms with van der Waals surface area (Å²) in [6, 6.07) is 3.94. The van der Waals surface area contributed by atoms with Crippen LogP contribution >= 0.6 is 0 Å². The molecule has 24 heavy (non-hydrogen) atoms. The van der Waals surface area contributed by atoms with Crippen molar-refractivity contribution in [2.75, 3.05) is 13.7 Å². The number of carboxylic acid groups (broad SMARTS) is 1. The lowest BCUT2D eigenvalue weighted by Crippen LogP contribution is -2.40. The summed E-state index contributed by atoms with van der Waals surface area (Å²) in [7, 11) is 1.50. The second-order valence-corrected chi connectivity index (χ2v) is 6.05. The fourth-order valence-electron chi connectivity index (χ4n) is 2.12. The second kappa shape index (κ2) is 9.80. The molecule has 1 amide bonds. The van der Waals surface area contributed by atoms with E-state index in [1.807, 2.05) is 6.92 Å². The Morgan fingerprint density at radius 3 is 2.46 bits per heavy atom. The predicted molar refractivity (Wildman–Crippen MR) is 91.7 cm³/mol. The van der Waals surface area contributed by atoms with Gasteiger partial charge in [-0.05, 0) is 37.0 Å². The van der Waals surface area contributed by atoms with Crippen molar-refractivity contribution in [1.29, 1.82) is 0 Å². The van der Waals surface area contributed by atoms with E-state index in [1.165, 1.54) is 7.11 Å². The number of nitrogens with one attached hydrogen (secondary N) is 1.